The molecule has 1 unspecified atom stereocenters. The summed E-state index contributed by atoms with van der Waals surface area (Å²) in [7, 11) is 0. The first-order chi connectivity index (χ1) is 17.4. The van der Waals surface area contributed by atoms with Gasteiger partial charge in [0.1, 0.15) is 30.8 Å². The lowest BCUT2D eigenvalue weighted by Crippen LogP contribution is -2.32. The van der Waals surface area contributed by atoms with Gasteiger partial charge >= 0.3 is 0 Å². The lowest BCUT2D eigenvalue weighted by Gasteiger charge is -2.24. The van der Waals surface area contributed by atoms with Gasteiger partial charge in [-0.05, 0) is 31.7 Å². The summed E-state index contributed by atoms with van der Waals surface area (Å²) in [6, 6.07) is 8.90. The molecule has 0 radical (unpaired) electrons. The molecule has 0 spiro atoms. The van der Waals surface area contributed by atoms with Gasteiger partial charge in [-0.25, -0.2) is 15.0 Å². The molecule has 3 aromatic rings. The third-order valence-corrected chi connectivity index (χ3v) is 10.4. The van der Waals surface area contributed by atoms with Gasteiger partial charge in [0, 0.05) is 11.3 Å². The molecule has 2 fully saturated rings. The predicted octanol–water partition coefficient (Wildman–Crippen LogP) is 3.68. The predicted molar refractivity (Wildman–Crippen MR) is 145 cm³/mol. The number of anilines is 1. The summed E-state index contributed by atoms with van der Waals surface area (Å²) in [5, 5.41) is 2.82. The molecule has 4 heterocycles. The van der Waals surface area contributed by atoms with E-state index in [4.69, 9.17) is 30.5 Å². The summed E-state index contributed by atoms with van der Waals surface area (Å²) < 4.78 is 26.5. The van der Waals surface area contributed by atoms with Crippen LogP contribution in [0, 0.1) is 0 Å². The molecular weight excluding hydrogens is 541 g/mol. The van der Waals surface area contributed by atoms with Crippen molar-refractivity contribution in [3.8, 4) is 0 Å². The number of fused-ring (bicyclic) bond motifs is 2. The van der Waals surface area contributed by atoms with Gasteiger partial charge in [0.25, 0.3) is 5.91 Å². The highest BCUT2D eigenvalue weighted by atomic mass is 32.9. The zero-order chi connectivity index (χ0) is 25.3. The topological polar surface area (TPSA) is 110 Å². The van der Waals surface area contributed by atoms with Crippen LogP contribution in [0.25, 0.3) is 11.2 Å². The van der Waals surface area contributed by atoms with Gasteiger partial charge < -0.3 is 24.1 Å². The molecule has 2 saturated heterocycles. The highest BCUT2D eigenvalue weighted by Gasteiger charge is 2.56. The normalized spacial score (nSPS) is 25.6. The fourth-order valence-corrected chi connectivity index (χ4v) is 7.88. The first-order valence-electron chi connectivity index (χ1n) is 11.3. The minimum absolute atomic E-state index is 0.286. The highest BCUT2D eigenvalue weighted by Crippen LogP contribution is 2.46. The van der Waals surface area contributed by atoms with Gasteiger partial charge in [0.2, 0.25) is 0 Å². The first-order valence-corrected chi connectivity index (χ1v) is 16.2. The molecule has 1 aromatic carbocycles. The number of nitrogens with one attached hydrogen (secondary N) is 1. The van der Waals surface area contributed by atoms with Crippen molar-refractivity contribution < 1.29 is 23.5 Å². The van der Waals surface area contributed by atoms with Gasteiger partial charge in [-0.1, -0.05) is 30.0 Å². The Morgan fingerprint density at radius 2 is 2.03 bits per heavy atom. The van der Waals surface area contributed by atoms with Crippen molar-refractivity contribution in [1.29, 1.82) is 0 Å². The molecule has 14 heteroatoms. The number of rotatable bonds is 9. The van der Waals surface area contributed by atoms with Gasteiger partial charge in [-0.3, -0.25) is 9.36 Å². The fourth-order valence-electron chi connectivity index (χ4n) is 4.24. The summed E-state index contributed by atoms with van der Waals surface area (Å²) in [4.78, 5) is 25.8. The standard InChI is InChI=1S/C22H26N5O5PS3/c1-22(2)31-16-14(10-29-33(35)36-9-8-34)30-21(17(16)32-22)27-12-25-15-18(23-11-24-19(15)27)26-20(28)13-6-4-3-5-7-13/h3-7,11-12,14,16-17,21,33-34H,8-10H2,1-2H3,(H,23,24,26,28)/t14-,16-,17-,21-/m1/s1. The number of hydrogen-bond acceptors (Lipinski definition) is 11. The molecule has 2 aliphatic rings. The lowest BCUT2D eigenvalue weighted by molar-refractivity contribution is -0.198. The molecule has 192 valence electrons. The molecule has 1 N–H and O–H groups in total. The quantitative estimate of drug-likeness (QED) is 0.294. The second kappa shape index (κ2) is 11.0. The molecule has 5 rings (SSSR count). The second-order valence-corrected chi connectivity index (χ2v) is 14.4. The smallest absolute Gasteiger partial charge is 0.256 e. The average molecular weight is 568 g/mol. The molecule has 1 amide bonds. The van der Waals surface area contributed by atoms with Gasteiger partial charge in [-0.15, -0.1) is 11.4 Å². The maximum absolute atomic E-state index is 12.7. The Bertz CT molecular complexity index is 1260. The Kier molecular flexibility index (Phi) is 7.99. The molecule has 0 aliphatic carbocycles. The second-order valence-electron chi connectivity index (χ2n) is 8.63. The number of carbonyl (C=O) groups is 1. The van der Waals surface area contributed by atoms with Crippen LogP contribution < -0.4 is 5.32 Å². The number of benzene rings is 1. The van der Waals surface area contributed by atoms with E-state index in [-0.39, 0.29) is 18.1 Å². The van der Waals surface area contributed by atoms with Crippen molar-refractivity contribution in [2.75, 3.05) is 23.4 Å². The third-order valence-electron chi connectivity index (χ3n) is 5.70. The van der Waals surface area contributed by atoms with Crippen molar-refractivity contribution in [2.45, 2.75) is 44.2 Å². The van der Waals surface area contributed by atoms with E-state index in [9.17, 15) is 4.79 Å². The summed E-state index contributed by atoms with van der Waals surface area (Å²) >= 11 is 11.3. The number of aromatic nitrogens is 4. The molecular formula is C22H26N5O5PS3. The van der Waals surface area contributed by atoms with Crippen molar-refractivity contribution >= 4 is 64.8 Å². The zero-order valence-corrected chi connectivity index (χ0v) is 23.1. The summed E-state index contributed by atoms with van der Waals surface area (Å²) in [6.07, 6.45) is -0.141. The minimum Gasteiger partial charge on any atom is -0.347 e. The Balaban J connectivity index is 1.38. The maximum Gasteiger partial charge on any atom is 0.256 e. The van der Waals surface area contributed by atoms with Gasteiger partial charge in [0.05, 0.1) is 12.9 Å². The van der Waals surface area contributed by atoms with E-state index in [1.54, 1.807) is 46.5 Å². The van der Waals surface area contributed by atoms with Crippen molar-refractivity contribution in [3.05, 3.63) is 48.5 Å². The lowest BCUT2D eigenvalue weighted by atomic mass is 10.1. The van der Waals surface area contributed by atoms with Gasteiger partial charge in [-0.2, -0.15) is 12.6 Å². The van der Waals surface area contributed by atoms with Crippen LogP contribution in [0.15, 0.2) is 43.0 Å². The van der Waals surface area contributed by atoms with E-state index in [2.05, 4.69) is 32.9 Å². The summed E-state index contributed by atoms with van der Waals surface area (Å²) in [6.45, 7) is 4.04. The number of ether oxygens (including phenoxy) is 3. The number of thiol groups is 1. The molecule has 0 bridgehead atoms. The van der Waals surface area contributed by atoms with E-state index >= 15 is 0 Å². The maximum atomic E-state index is 12.7. The largest absolute Gasteiger partial charge is 0.347 e. The van der Waals surface area contributed by atoms with Crippen LogP contribution in [-0.4, -0.2) is 67.6 Å². The Morgan fingerprint density at radius 1 is 1.25 bits per heavy atom. The van der Waals surface area contributed by atoms with Crippen LogP contribution in [0.2, 0.25) is 0 Å². The Labute approximate surface area is 223 Å². The van der Waals surface area contributed by atoms with Crippen LogP contribution in [0.4, 0.5) is 5.82 Å². The monoisotopic (exact) mass is 567 g/mol. The number of imidazole rings is 1. The Morgan fingerprint density at radius 3 is 2.81 bits per heavy atom. The van der Waals surface area contributed by atoms with Crippen LogP contribution in [0.3, 0.4) is 0 Å². The summed E-state index contributed by atoms with van der Waals surface area (Å²) in [5.74, 6) is 0.840. The van der Waals surface area contributed by atoms with E-state index < -0.39 is 24.2 Å². The number of nitrogens with zero attached hydrogens (tertiary/aromatic N) is 4. The van der Waals surface area contributed by atoms with Crippen molar-refractivity contribution in [2.24, 2.45) is 0 Å². The number of amides is 1. The fraction of sp³-hybridized carbons (Fsp3) is 0.455. The van der Waals surface area contributed by atoms with E-state index in [0.717, 1.165) is 11.5 Å². The number of hydrogen-bond donors (Lipinski definition) is 2. The average Bonchev–Trinajstić information content (AvgIpc) is 3.53. The molecule has 2 aliphatic heterocycles. The Hall–Kier alpha value is -1.57. The minimum atomic E-state index is -1.45. The van der Waals surface area contributed by atoms with E-state index in [1.165, 1.54) is 6.33 Å². The van der Waals surface area contributed by atoms with Crippen LogP contribution in [-0.2, 0) is 30.5 Å². The SMILES string of the molecule is CC1(C)O[C@@H]2[C@H](O1)[C@@H](CO[PH](=S)SCCS)O[C@H]2n1cnc2c(NC(=O)c3ccccc3)ncnc21. The van der Waals surface area contributed by atoms with Crippen LogP contribution in [0.5, 0.6) is 0 Å². The molecule has 5 atom stereocenters. The van der Waals surface area contributed by atoms with Gasteiger partial charge in [0.15, 0.2) is 29.0 Å². The van der Waals surface area contributed by atoms with Crippen molar-refractivity contribution in [1.82, 2.24) is 19.5 Å². The third kappa shape index (κ3) is 5.48. The van der Waals surface area contributed by atoms with Crippen molar-refractivity contribution in [3.63, 3.8) is 0 Å². The number of carbonyl (C=O) groups excluding carboxylic acids is 1. The molecule has 10 nitrogen and oxygen atoms in total. The molecule has 36 heavy (non-hydrogen) atoms. The summed E-state index contributed by atoms with van der Waals surface area (Å²) in [5.41, 5.74) is 1.46. The van der Waals surface area contributed by atoms with E-state index in [0.29, 0.717) is 29.2 Å². The molecule has 0 saturated carbocycles. The first kappa shape index (κ1) is 26.1. The van der Waals surface area contributed by atoms with E-state index in [1.807, 2.05) is 19.9 Å². The molecule has 2 aromatic heterocycles. The zero-order valence-electron chi connectivity index (χ0n) is 19.6. The van der Waals surface area contributed by atoms with Crippen LogP contribution in [0.1, 0.15) is 30.4 Å². The van der Waals surface area contributed by atoms with Crippen LogP contribution >= 0.6 is 30.1 Å². The highest BCUT2D eigenvalue weighted by molar-refractivity contribution is 8.62.